The minimum atomic E-state index is -0.177. The van der Waals surface area contributed by atoms with Gasteiger partial charge in [-0.1, -0.05) is 12.1 Å². The van der Waals surface area contributed by atoms with Crippen LogP contribution in [0, 0.1) is 0 Å². The number of ether oxygens (including phenoxy) is 1. The van der Waals surface area contributed by atoms with Crippen LogP contribution < -0.4 is 5.56 Å². The van der Waals surface area contributed by atoms with E-state index in [9.17, 15) is 4.79 Å². The van der Waals surface area contributed by atoms with E-state index in [4.69, 9.17) is 4.74 Å². The number of fused-ring (bicyclic) bond motifs is 3. The van der Waals surface area contributed by atoms with Gasteiger partial charge in [0.05, 0.1) is 24.9 Å². The topological polar surface area (TPSA) is 92.6 Å². The summed E-state index contributed by atoms with van der Waals surface area (Å²) < 4.78 is 10.7. The van der Waals surface area contributed by atoms with Crippen LogP contribution in [0.5, 0.6) is 0 Å². The molecule has 0 radical (unpaired) electrons. The summed E-state index contributed by atoms with van der Waals surface area (Å²) in [6.07, 6.45) is 7.19. The van der Waals surface area contributed by atoms with Gasteiger partial charge in [0.1, 0.15) is 5.69 Å². The van der Waals surface area contributed by atoms with Crippen LogP contribution >= 0.6 is 0 Å². The molecule has 32 heavy (non-hydrogen) atoms. The Hall–Kier alpha value is -3.85. The maximum absolute atomic E-state index is 13.2. The van der Waals surface area contributed by atoms with Gasteiger partial charge in [0.25, 0.3) is 5.56 Å². The molecule has 0 bridgehead atoms. The Kier molecular flexibility index (Phi) is 4.53. The lowest BCUT2D eigenvalue weighted by atomic mass is 10.1. The highest BCUT2D eigenvalue weighted by Crippen LogP contribution is 2.27. The third-order valence-electron chi connectivity index (χ3n) is 5.87. The molecular weight excluding hydrogens is 406 g/mol. The highest BCUT2D eigenvalue weighted by molar-refractivity contribution is 5.89. The number of benzene rings is 1. The van der Waals surface area contributed by atoms with E-state index in [1.165, 1.54) is 0 Å². The lowest BCUT2D eigenvalue weighted by molar-refractivity contribution is 0.0540. The van der Waals surface area contributed by atoms with E-state index in [1.807, 2.05) is 53.3 Å². The fraction of sp³-hybridized carbons (Fsp3) is 0.261. The molecule has 1 unspecified atom stereocenters. The number of hydrogen-bond acceptors (Lipinski definition) is 6. The molecule has 160 valence electrons. The Morgan fingerprint density at radius 2 is 1.94 bits per heavy atom. The molecular formula is C23H21N7O2. The smallest absolute Gasteiger partial charge is 0.297 e. The fourth-order valence-corrected chi connectivity index (χ4v) is 4.26. The number of hydrogen-bond donors (Lipinski definition) is 0. The molecule has 1 aromatic carbocycles. The molecule has 3 aliphatic heterocycles. The van der Waals surface area contributed by atoms with Gasteiger partial charge in [0.2, 0.25) is 0 Å². The van der Waals surface area contributed by atoms with E-state index in [2.05, 4.69) is 20.3 Å². The van der Waals surface area contributed by atoms with E-state index in [0.717, 1.165) is 36.1 Å². The predicted octanol–water partition coefficient (Wildman–Crippen LogP) is 2.68. The van der Waals surface area contributed by atoms with Gasteiger partial charge >= 0.3 is 0 Å². The van der Waals surface area contributed by atoms with Crippen LogP contribution in [-0.4, -0.2) is 47.5 Å². The van der Waals surface area contributed by atoms with Gasteiger partial charge in [-0.05, 0) is 48.7 Å². The molecule has 0 N–H and O–H groups in total. The minimum Gasteiger partial charge on any atom is -0.379 e. The highest BCUT2D eigenvalue weighted by atomic mass is 16.5. The van der Waals surface area contributed by atoms with Gasteiger partial charge in [-0.3, -0.25) is 4.79 Å². The molecule has 0 amide bonds. The zero-order chi connectivity index (χ0) is 21.5. The first kappa shape index (κ1) is 18.9. The van der Waals surface area contributed by atoms with Crippen molar-refractivity contribution < 1.29 is 4.74 Å². The van der Waals surface area contributed by atoms with Crippen LogP contribution in [0.4, 0.5) is 0 Å². The Morgan fingerprint density at radius 3 is 2.72 bits per heavy atom. The van der Waals surface area contributed by atoms with Gasteiger partial charge in [0.15, 0.2) is 11.3 Å². The van der Waals surface area contributed by atoms with Crippen molar-refractivity contribution in [1.82, 2.24) is 34.3 Å². The molecule has 0 aliphatic carbocycles. The van der Waals surface area contributed by atoms with Crippen molar-refractivity contribution in [3.05, 3.63) is 77.0 Å². The SMILES string of the molecule is O=c1c2nn(Cc3ccc(-n4cccn4)cc3)c3ncccc3c-2nn1C1CCCOC1. The average molecular weight is 427 g/mol. The molecule has 0 spiro atoms. The molecule has 9 nitrogen and oxygen atoms in total. The minimum absolute atomic E-state index is 0.0551. The summed E-state index contributed by atoms with van der Waals surface area (Å²) in [4.78, 5) is 17.7. The number of nitrogens with zero attached hydrogens (tertiary/aromatic N) is 7. The molecule has 0 saturated carbocycles. The lowest BCUT2D eigenvalue weighted by Crippen LogP contribution is -2.29. The summed E-state index contributed by atoms with van der Waals surface area (Å²) in [5.74, 6) is 0. The average Bonchev–Trinajstić information content (AvgIpc) is 3.49. The van der Waals surface area contributed by atoms with Crippen molar-refractivity contribution >= 4 is 11.0 Å². The van der Waals surface area contributed by atoms with Gasteiger partial charge in [-0.25, -0.2) is 19.0 Å². The third-order valence-corrected chi connectivity index (χ3v) is 5.87. The molecule has 1 atom stereocenters. The first-order chi connectivity index (χ1) is 15.8. The van der Waals surface area contributed by atoms with Crippen molar-refractivity contribution in [2.24, 2.45) is 0 Å². The highest BCUT2D eigenvalue weighted by Gasteiger charge is 2.27. The summed E-state index contributed by atoms with van der Waals surface area (Å²) in [6, 6.07) is 13.7. The van der Waals surface area contributed by atoms with Gasteiger partial charge in [0, 0.05) is 30.6 Å². The summed E-state index contributed by atoms with van der Waals surface area (Å²) in [5, 5.41) is 14.4. The van der Waals surface area contributed by atoms with Crippen LogP contribution in [0.25, 0.3) is 28.1 Å². The summed E-state index contributed by atoms with van der Waals surface area (Å²) in [7, 11) is 0. The molecule has 1 fully saturated rings. The van der Waals surface area contributed by atoms with Crippen molar-refractivity contribution in [2.45, 2.75) is 25.4 Å². The second kappa shape index (κ2) is 7.69. The van der Waals surface area contributed by atoms with E-state index in [-0.39, 0.29) is 11.6 Å². The Labute approximate surface area is 183 Å². The van der Waals surface area contributed by atoms with Crippen LogP contribution in [-0.2, 0) is 11.3 Å². The Bertz CT molecular complexity index is 1400. The molecule has 3 aromatic rings. The maximum atomic E-state index is 13.2. The fourth-order valence-electron chi connectivity index (χ4n) is 4.26. The number of aromatic nitrogens is 7. The van der Waals surface area contributed by atoms with Gasteiger partial charge in [-0.2, -0.15) is 15.3 Å². The van der Waals surface area contributed by atoms with Crippen LogP contribution in [0.3, 0.4) is 0 Å². The quantitative estimate of drug-likeness (QED) is 0.438. The summed E-state index contributed by atoms with van der Waals surface area (Å²) in [6.45, 7) is 1.72. The maximum Gasteiger partial charge on any atom is 0.297 e. The number of rotatable bonds is 4. The summed E-state index contributed by atoms with van der Waals surface area (Å²) in [5.41, 5.74) is 3.50. The van der Waals surface area contributed by atoms with Crippen molar-refractivity contribution in [3.63, 3.8) is 0 Å². The van der Waals surface area contributed by atoms with E-state index in [1.54, 1.807) is 21.8 Å². The van der Waals surface area contributed by atoms with Gasteiger partial charge in [-0.15, -0.1) is 0 Å². The van der Waals surface area contributed by atoms with Crippen molar-refractivity contribution in [3.8, 4) is 17.1 Å². The van der Waals surface area contributed by atoms with E-state index >= 15 is 0 Å². The Balaban J connectivity index is 1.43. The molecule has 6 rings (SSSR count). The zero-order valence-electron chi connectivity index (χ0n) is 17.3. The van der Waals surface area contributed by atoms with E-state index in [0.29, 0.717) is 30.2 Å². The Morgan fingerprint density at radius 1 is 1.03 bits per heavy atom. The van der Waals surface area contributed by atoms with Crippen LogP contribution in [0.1, 0.15) is 24.4 Å². The molecule has 3 aliphatic rings. The first-order valence-corrected chi connectivity index (χ1v) is 10.7. The summed E-state index contributed by atoms with van der Waals surface area (Å²) >= 11 is 0. The molecule has 1 saturated heterocycles. The largest absolute Gasteiger partial charge is 0.379 e. The lowest BCUT2D eigenvalue weighted by Gasteiger charge is -2.21. The first-order valence-electron chi connectivity index (χ1n) is 10.7. The molecule has 5 heterocycles. The van der Waals surface area contributed by atoms with Crippen LogP contribution in [0.2, 0.25) is 0 Å². The second-order valence-corrected chi connectivity index (χ2v) is 7.97. The van der Waals surface area contributed by atoms with Crippen molar-refractivity contribution in [2.75, 3.05) is 13.2 Å². The van der Waals surface area contributed by atoms with Crippen LogP contribution in [0.15, 0.2) is 65.8 Å². The second-order valence-electron chi connectivity index (χ2n) is 7.97. The molecule has 9 heteroatoms. The molecule has 2 aromatic heterocycles. The monoisotopic (exact) mass is 427 g/mol. The standard InChI is InChI=1S/C23H21N7O2/c31-23-21-20(27-30(23)18-4-2-13-32-15-18)19-5-1-10-24-22(19)29(26-21)14-16-6-8-17(9-7-16)28-12-3-11-25-28/h1,3,5-12,18H,2,4,13-15H2. The third kappa shape index (κ3) is 3.18. The number of pyridine rings is 1. The van der Waals surface area contributed by atoms with E-state index < -0.39 is 0 Å². The van der Waals surface area contributed by atoms with Gasteiger partial charge < -0.3 is 4.74 Å². The van der Waals surface area contributed by atoms with Crippen molar-refractivity contribution in [1.29, 1.82) is 0 Å². The zero-order valence-corrected chi connectivity index (χ0v) is 17.3. The normalized spacial score (nSPS) is 16.7. The predicted molar refractivity (Wildman–Crippen MR) is 118 cm³/mol.